The van der Waals surface area contributed by atoms with Crippen molar-refractivity contribution in [2.45, 2.75) is 11.8 Å². The first kappa shape index (κ1) is 18.9. The molecule has 0 bridgehead atoms. The van der Waals surface area contributed by atoms with Crippen LogP contribution in [-0.4, -0.2) is 30.5 Å². The van der Waals surface area contributed by atoms with Crippen molar-refractivity contribution in [3.63, 3.8) is 0 Å². The van der Waals surface area contributed by atoms with Gasteiger partial charge in [-0.15, -0.1) is 0 Å². The minimum absolute atomic E-state index is 0.0154. The van der Waals surface area contributed by atoms with Gasteiger partial charge in [-0.25, -0.2) is 17.9 Å². The summed E-state index contributed by atoms with van der Waals surface area (Å²) in [5.41, 5.74) is 2.69. The lowest BCUT2D eigenvalue weighted by atomic mass is 10.1. The van der Waals surface area contributed by atoms with Crippen LogP contribution in [0.4, 0.5) is 5.69 Å². The molecular weight excluding hydrogens is 368 g/mol. The number of rotatable bonds is 4. The molecule has 0 radical (unpaired) electrons. The molecule has 3 aromatic rings. The number of amides is 1. The second-order valence-corrected chi connectivity index (χ2v) is 8.13. The highest BCUT2D eigenvalue weighted by Crippen LogP contribution is 2.20. The summed E-state index contributed by atoms with van der Waals surface area (Å²) in [5.74, 6) is -0.430. The van der Waals surface area contributed by atoms with Gasteiger partial charge in [0.25, 0.3) is 5.91 Å². The molecule has 0 aliphatic rings. The van der Waals surface area contributed by atoms with Gasteiger partial charge in [-0.05, 0) is 49.9 Å². The van der Waals surface area contributed by atoms with Crippen LogP contribution in [0.2, 0.25) is 0 Å². The second-order valence-electron chi connectivity index (χ2n) is 6.24. The van der Waals surface area contributed by atoms with Gasteiger partial charge >= 0.3 is 5.69 Å². The zero-order valence-corrected chi connectivity index (χ0v) is 16.2. The van der Waals surface area contributed by atoms with Crippen LogP contribution in [0.25, 0.3) is 11.0 Å². The van der Waals surface area contributed by atoms with E-state index in [0.717, 1.165) is 5.52 Å². The number of fused-ring (bicyclic) bond motifs is 1. The first-order chi connectivity index (χ1) is 12.7. The van der Waals surface area contributed by atoms with Gasteiger partial charge in [0.2, 0.25) is 10.0 Å². The molecule has 27 heavy (non-hydrogen) atoms. The molecular formula is C18H20N4O4S. The zero-order chi connectivity index (χ0) is 19.9. The first-order valence-electron chi connectivity index (χ1n) is 8.16. The van der Waals surface area contributed by atoms with Gasteiger partial charge < -0.3 is 5.32 Å². The first-order valence-corrected chi connectivity index (χ1v) is 9.65. The van der Waals surface area contributed by atoms with Crippen LogP contribution in [-0.2, 0) is 24.1 Å². The molecule has 9 heteroatoms. The summed E-state index contributed by atoms with van der Waals surface area (Å²) in [5, 5.41) is 2.77. The van der Waals surface area contributed by atoms with Gasteiger partial charge in [0, 0.05) is 25.3 Å². The lowest BCUT2D eigenvalue weighted by Gasteiger charge is -2.10. The van der Waals surface area contributed by atoms with E-state index in [2.05, 4.69) is 10.0 Å². The molecule has 0 spiro atoms. The number of nitrogens with one attached hydrogen (secondary N) is 2. The highest BCUT2D eigenvalue weighted by molar-refractivity contribution is 7.89. The van der Waals surface area contributed by atoms with Crippen molar-refractivity contribution >= 4 is 32.7 Å². The van der Waals surface area contributed by atoms with Gasteiger partial charge in [-0.1, -0.05) is 6.07 Å². The van der Waals surface area contributed by atoms with Crippen LogP contribution in [0.15, 0.2) is 46.1 Å². The molecule has 1 aromatic heterocycles. The molecule has 0 aliphatic carbocycles. The maximum absolute atomic E-state index is 12.7. The number of aromatic nitrogens is 2. The number of aryl methyl sites for hydroxylation is 3. The van der Waals surface area contributed by atoms with Crippen molar-refractivity contribution in [1.82, 2.24) is 13.9 Å². The number of anilines is 1. The zero-order valence-electron chi connectivity index (χ0n) is 15.4. The topological polar surface area (TPSA) is 102 Å². The Hall–Kier alpha value is -2.91. The molecule has 1 heterocycles. The average molecular weight is 388 g/mol. The van der Waals surface area contributed by atoms with Crippen molar-refractivity contribution in [1.29, 1.82) is 0 Å². The van der Waals surface area contributed by atoms with E-state index < -0.39 is 15.9 Å². The van der Waals surface area contributed by atoms with Crippen molar-refractivity contribution in [3.05, 3.63) is 58.0 Å². The predicted molar refractivity (Wildman–Crippen MR) is 104 cm³/mol. The Morgan fingerprint density at radius 1 is 1.00 bits per heavy atom. The lowest BCUT2D eigenvalue weighted by Crippen LogP contribution is -2.20. The Balaban J connectivity index is 1.98. The maximum Gasteiger partial charge on any atom is 0.328 e. The average Bonchev–Trinajstić information content (AvgIpc) is 2.86. The smallest absolute Gasteiger partial charge is 0.322 e. The van der Waals surface area contributed by atoms with Crippen molar-refractivity contribution in [2.75, 3.05) is 12.4 Å². The SMILES string of the molecule is CNS(=O)(=O)c1ccc(C)c(C(=O)Nc2ccc3c(c2)n(C)c(=O)n3C)c1. The Morgan fingerprint density at radius 3 is 2.33 bits per heavy atom. The fourth-order valence-corrected chi connectivity index (χ4v) is 3.67. The molecule has 8 nitrogen and oxygen atoms in total. The van der Waals surface area contributed by atoms with E-state index in [9.17, 15) is 18.0 Å². The summed E-state index contributed by atoms with van der Waals surface area (Å²) in [7, 11) is 1.00. The molecule has 142 valence electrons. The third-order valence-corrected chi connectivity index (χ3v) is 5.97. The summed E-state index contributed by atoms with van der Waals surface area (Å²) < 4.78 is 29.2. The Labute approximate surface area is 156 Å². The van der Waals surface area contributed by atoms with Crippen LogP contribution in [0.1, 0.15) is 15.9 Å². The quantitative estimate of drug-likeness (QED) is 0.704. The molecule has 2 N–H and O–H groups in total. The highest BCUT2D eigenvalue weighted by atomic mass is 32.2. The summed E-state index contributed by atoms with van der Waals surface area (Å²) in [6, 6.07) is 9.53. The maximum atomic E-state index is 12.7. The van der Waals surface area contributed by atoms with Gasteiger partial charge in [0.1, 0.15) is 0 Å². The minimum Gasteiger partial charge on any atom is -0.322 e. The van der Waals surface area contributed by atoms with Crippen LogP contribution < -0.4 is 15.7 Å². The number of benzene rings is 2. The summed E-state index contributed by atoms with van der Waals surface area (Å²) in [6.07, 6.45) is 0. The van der Waals surface area contributed by atoms with E-state index in [0.29, 0.717) is 16.8 Å². The molecule has 0 atom stereocenters. The number of hydrogen-bond donors (Lipinski definition) is 2. The van der Waals surface area contributed by atoms with Gasteiger partial charge in [-0.2, -0.15) is 0 Å². The van der Waals surface area contributed by atoms with Crippen molar-refractivity contribution in [3.8, 4) is 0 Å². The molecule has 0 aliphatic heterocycles. The van der Waals surface area contributed by atoms with E-state index in [-0.39, 0.29) is 16.1 Å². The van der Waals surface area contributed by atoms with Gasteiger partial charge in [0.15, 0.2) is 0 Å². The third kappa shape index (κ3) is 3.26. The Morgan fingerprint density at radius 2 is 1.67 bits per heavy atom. The molecule has 0 saturated heterocycles. The molecule has 0 saturated carbocycles. The largest absolute Gasteiger partial charge is 0.328 e. The van der Waals surface area contributed by atoms with Crippen molar-refractivity contribution < 1.29 is 13.2 Å². The molecule has 1 amide bonds. The van der Waals surface area contributed by atoms with Crippen LogP contribution >= 0.6 is 0 Å². The second kappa shape index (κ2) is 6.67. The Kier molecular flexibility index (Phi) is 4.66. The lowest BCUT2D eigenvalue weighted by molar-refractivity contribution is 0.102. The van der Waals surface area contributed by atoms with E-state index in [4.69, 9.17) is 0 Å². The van der Waals surface area contributed by atoms with Crippen LogP contribution in [0.5, 0.6) is 0 Å². The standard InChI is InChI=1S/C18H20N4O4S/c1-11-5-7-13(27(25,26)19-2)10-14(11)17(23)20-12-6-8-15-16(9-12)22(4)18(24)21(15)3/h5-10,19H,1-4H3,(H,20,23). The van der Waals surface area contributed by atoms with Crippen LogP contribution in [0.3, 0.4) is 0 Å². The summed E-state index contributed by atoms with van der Waals surface area (Å²) >= 11 is 0. The minimum atomic E-state index is -3.65. The van der Waals surface area contributed by atoms with Crippen LogP contribution in [0, 0.1) is 6.92 Å². The Bertz CT molecular complexity index is 1220. The van der Waals surface area contributed by atoms with E-state index >= 15 is 0 Å². The molecule has 2 aromatic carbocycles. The number of carbonyl (C=O) groups is 1. The number of sulfonamides is 1. The predicted octanol–water partition coefficient (Wildman–Crippen LogP) is 1.35. The molecule has 0 unspecified atom stereocenters. The number of nitrogens with zero attached hydrogens (tertiary/aromatic N) is 2. The number of hydrogen-bond acceptors (Lipinski definition) is 4. The fourth-order valence-electron chi connectivity index (χ4n) is 2.91. The summed E-state index contributed by atoms with van der Waals surface area (Å²) in [4.78, 5) is 24.7. The van der Waals surface area contributed by atoms with E-state index in [1.807, 2.05) is 0 Å². The third-order valence-electron chi connectivity index (χ3n) is 4.56. The highest BCUT2D eigenvalue weighted by Gasteiger charge is 2.17. The van der Waals surface area contributed by atoms with Crippen molar-refractivity contribution in [2.24, 2.45) is 14.1 Å². The summed E-state index contributed by atoms with van der Waals surface area (Å²) in [6.45, 7) is 1.73. The van der Waals surface area contributed by atoms with Gasteiger partial charge in [-0.3, -0.25) is 13.9 Å². The monoisotopic (exact) mass is 388 g/mol. The number of carbonyl (C=O) groups excluding carboxylic acids is 1. The number of imidazole rings is 1. The van der Waals surface area contributed by atoms with Gasteiger partial charge in [0.05, 0.1) is 15.9 Å². The normalized spacial score (nSPS) is 11.7. The van der Waals surface area contributed by atoms with E-state index in [1.165, 1.54) is 28.3 Å². The molecule has 3 rings (SSSR count). The molecule has 0 fully saturated rings. The van der Waals surface area contributed by atoms with E-state index in [1.54, 1.807) is 45.3 Å². The fraction of sp³-hybridized carbons (Fsp3) is 0.222.